The summed E-state index contributed by atoms with van der Waals surface area (Å²) in [6, 6.07) is 10.1. The molecule has 4 atom stereocenters. The van der Waals surface area contributed by atoms with Gasteiger partial charge in [0.1, 0.15) is 17.2 Å². The smallest absolute Gasteiger partial charge is 0.399 e. The van der Waals surface area contributed by atoms with Crippen molar-refractivity contribution >= 4 is 11.9 Å². The predicted molar refractivity (Wildman–Crippen MR) is 155 cm³/mol. The van der Waals surface area contributed by atoms with Gasteiger partial charge in [-0.15, -0.1) is 0 Å². The maximum atomic E-state index is 14.2. The van der Waals surface area contributed by atoms with E-state index in [1.54, 1.807) is 4.90 Å². The molecule has 2 N–H and O–H groups in total. The molecular formula is C33H42F3N3O4. The van der Waals surface area contributed by atoms with Crippen molar-refractivity contribution in [2.45, 2.75) is 102 Å². The average Bonchev–Trinajstić information content (AvgIpc) is 3.72. The predicted octanol–water partition coefficient (Wildman–Crippen LogP) is 6.42. The maximum absolute atomic E-state index is 14.2. The number of carboxylic acids is 1. The molecule has 1 aromatic heterocycles. The number of hydrogen-bond donors (Lipinski definition) is 2. The Hall–Kier alpha value is -3.14. The van der Waals surface area contributed by atoms with Gasteiger partial charge in [-0.3, -0.25) is 9.78 Å². The Morgan fingerprint density at radius 2 is 1.70 bits per heavy atom. The third kappa shape index (κ3) is 5.87. The third-order valence-electron chi connectivity index (χ3n) is 9.71. The summed E-state index contributed by atoms with van der Waals surface area (Å²) in [4.78, 5) is 33.4. The lowest BCUT2D eigenvalue weighted by atomic mass is 9.72. The number of amides is 1. The quantitative estimate of drug-likeness (QED) is 0.363. The van der Waals surface area contributed by atoms with E-state index in [0.29, 0.717) is 11.4 Å². The van der Waals surface area contributed by atoms with Gasteiger partial charge < -0.3 is 20.1 Å². The molecule has 0 spiro atoms. The Kier molecular flexibility index (Phi) is 8.55. The molecule has 2 aliphatic carbocycles. The fourth-order valence-corrected chi connectivity index (χ4v) is 7.38. The lowest BCUT2D eigenvalue weighted by Crippen LogP contribution is -2.49. The Labute approximate surface area is 251 Å². The minimum Gasteiger partial charge on any atom is -0.495 e. The van der Waals surface area contributed by atoms with Crippen molar-refractivity contribution in [1.29, 1.82) is 0 Å². The zero-order valence-corrected chi connectivity index (χ0v) is 25.3. The first kappa shape index (κ1) is 31.3. The molecule has 3 aliphatic rings. The van der Waals surface area contributed by atoms with Gasteiger partial charge in [0.2, 0.25) is 5.91 Å². The van der Waals surface area contributed by atoms with E-state index in [0.717, 1.165) is 37.7 Å². The van der Waals surface area contributed by atoms with Crippen LogP contribution >= 0.6 is 0 Å². The van der Waals surface area contributed by atoms with Crippen molar-refractivity contribution < 1.29 is 32.6 Å². The monoisotopic (exact) mass is 601 g/mol. The highest BCUT2D eigenvalue weighted by Crippen LogP contribution is 2.58. The molecule has 3 fully saturated rings. The van der Waals surface area contributed by atoms with Crippen LogP contribution in [0.3, 0.4) is 0 Å². The number of aliphatic carboxylic acids is 1. The number of hydrogen-bond acceptors (Lipinski definition) is 5. The van der Waals surface area contributed by atoms with E-state index in [4.69, 9.17) is 4.74 Å². The molecule has 10 heteroatoms. The van der Waals surface area contributed by atoms with Gasteiger partial charge in [0.15, 0.2) is 0 Å². The van der Waals surface area contributed by atoms with Gasteiger partial charge >= 0.3 is 12.1 Å². The van der Waals surface area contributed by atoms with Crippen LogP contribution in [0.15, 0.2) is 42.5 Å². The molecule has 2 heterocycles. The number of methoxy groups -OCH3 is 1. The van der Waals surface area contributed by atoms with Crippen LogP contribution in [0.4, 0.5) is 13.2 Å². The normalized spacial score (nSPS) is 25.9. The molecule has 234 valence electrons. The van der Waals surface area contributed by atoms with Crippen molar-refractivity contribution in [1.82, 2.24) is 15.2 Å². The number of pyridine rings is 1. The number of benzene rings is 1. The zero-order chi connectivity index (χ0) is 31.2. The molecule has 5 rings (SSSR count). The van der Waals surface area contributed by atoms with Gasteiger partial charge in [0.05, 0.1) is 24.5 Å². The third-order valence-corrected chi connectivity index (χ3v) is 9.71. The van der Waals surface area contributed by atoms with Crippen molar-refractivity contribution in [3.05, 3.63) is 59.4 Å². The summed E-state index contributed by atoms with van der Waals surface area (Å²) in [5.41, 5.74) is -1.39. The van der Waals surface area contributed by atoms with E-state index in [1.165, 1.54) is 19.2 Å². The van der Waals surface area contributed by atoms with Gasteiger partial charge in [-0.25, -0.2) is 4.79 Å². The summed E-state index contributed by atoms with van der Waals surface area (Å²) in [5, 5.41) is 14.2. The standard InChI is InChI=1S/C33H42F3N3O4/c1-31(2,3)25-26(37-19-22-23(43-4)15-16-24(38-22)32(17-18-32)33(34,35)36)27(20-11-7-5-8-12-20)39(28(25)30(41)42)29(40)21-13-9-6-10-14-21/h5,7-8,11-12,15-16,21,25-28,37H,6,9-10,13-14,17-19H2,1-4H3,(H,41,42)/t25-,26-,27-,28-/m0/s1. The van der Waals surface area contributed by atoms with Crippen LogP contribution in [0.2, 0.25) is 0 Å². The lowest BCUT2D eigenvalue weighted by Gasteiger charge is -2.36. The highest BCUT2D eigenvalue weighted by molar-refractivity contribution is 5.87. The zero-order valence-electron chi connectivity index (χ0n) is 25.3. The van der Waals surface area contributed by atoms with Crippen LogP contribution < -0.4 is 10.1 Å². The molecule has 43 heavy (non-hydrogen) atoms. The summed E-state index contributed by atoms with van der Waals surface area (Å²) in [6.45, 7) is 5.96. The molecule has 1 aliphatic heterocycles. The number of nitrogens with zero attached hydrogens (tertiary/aromatic N) is 2. The Bertz CT molecular complexity index is 1320. The van der Waals surface area contributed by atoms with Crippen LogP contribution in [0.5, 0.6) is 5.75 Å². The van der Waals surface area contributed by atoms with Crippen LogP contribution in [0.1, 0.15) is 88.7 Å². The number of rotatable bonds is 8. The van der Waals surface area contributed by atoms with Crippen LogP contribution in [0, 0.1) is 17.3 Å². The number of nitrogens with one attached hydrogen (secondary N) is 1. The van der Waals surface area contributed by atoms with Gasteiger partial charge in [-0.05, 0) is 48.8 Å². The van der Waals surface area contributed by atoms with E-state index in [2.05, 4.69) is 10.3 Å². The molecule has 0 unspecified atom stereocenters. The molecule has 1 saturated heterocycles. The number of carbonyl (C=O) groups excluding carboxylic acids is 1. The highest BCUT2D eigenvalue weighted by atomic mass is 19.4. The van der Waals surface area contributed by atoms with Gasteiger partial charge in [-0.2, -0.15) is 13.2 Å². The fourth-order valence-electron chi connectivity index (χ4n) is 7.38. The SMILES string of the molecule is COc1ccc(C2(C(F)(F)F)CC2)nc1CN[C@H]1[C@H](C(C)(C)C)[C@@H](C(=O)O)N(C(=O)C2CCCCC2)[C@H]1c1ccccc1. The molecule has 2 saturated carbocycles. The fraction of sp³-hybridized carbons (Fsp3) is 0.606. The maximum Gasteiger partial charge on any atom is 0.399 e. The topological polar surface area (TPSA) is 91.8 Å². The summed E-state index contributed by atoms with van der Waals surface area (Å²) >= 11 is 0. The molecule has 2 aromatic rings. The minimum atomic E-state index is -4.41. The van der Waals surface area contributed by atoms with Crippen molar-refractivity contribution in [3.63, 3.8) is 0 Å². The Morgan fingerprint density at radius 1 is 1.05 bits per heavy atom. The number of carboxylic acid groups (broad SMARTS) is 1. The number of carbonyl (C=O) groups is 2. The minimum absolute atomic E-state index is 0.00791. The average molecular weight is 602 g/mol. The second kappa shape index (κ2) is 11.7. The number of aromatic nitrogens is 1. The lowest BCUT2D eigenvalue weighted by molar-refractivity contribution is -0.161. The van der Waals surface area contributed by atoms with E-state index < -0.39 is 47.0 Å². The van der Waals surface area contributed by atoms with E-state index in [-0.39, 0.29) is 36.9 Å². The largest absolute Gasteiger partial charge is 0.495 e. The second-order valence-corrected chi connectivity index (χ2v) is 13.4. The van der Waals surface area contributed by atoms with Gasteiger partial charge in [0.25, 0.3) is 0 Å². The second-order valence-electron chi connectivity index (χ2n) is 13.4. The van der Waals surface area contributed by atoms with Gasteiger partial charge in [0, 0.05) is 24.4 Å². The van der Waals surface area contributed by atoms with Gasteiger partial charge in [-0.1, -0.05) is 70.4 Å². The number of likely N-dealkylation sites (tertiary alicyclic amines) is 1. The first-order valence-electron chi connectivity index (χ1n) is 15.2. The van der Waals surface area contributed by atoms with Crippen molar-refractivity contribution in [2.75, 3.05) is 7.11 Å². The first-order valence-corrected chi connectivity index (χ1v) is 15.2. The van der Waals surface area contributed by atoms with Crippen molar-refractivity contribution in [3.8, 4) is 5.75 Å². The Balaban J connectivity index is 1.57. The first-order chi connectivity index (χ1) is 20.3. The molecule has 1 amide bonds. The van der Waals surface area contributed by atoms with E-state index >= 15 is 0 Å². The molecular weight excluding hydrogens is 559 g/mol. The van der Waals surface area contributed by atoms with Crippen molar-refractivity contribution in [2.24, 2.45) is 17.3 Å². The number of ether oxygens (including phenoxy) is 1. The molecule has 0 radical (unpaired) electrons. The highest BCUT2D eigenvalue weighted by Gasteiger charge is 2.65. The Morgan fingerprint density at radius 3 is 2.23 bits per heavy atom. The summed E-state index contributed by atoms with van der Waals surface area (Å²) in [5.74, 6) is -1.61. The molecule has 1 aromatic carbocycles. The van der Waals surface area contributed by atoms with Crippen LogP contribution in [-0.4, -0.2) is 52.2 Å². The number of halogens is 3. The number of alkyl halides is 3. The molecule has 7 nitrogen and oxygen atoms in total. The molecule has 0 bridgehead atoms. The van der Waals surface area contributed by atoms with E-state index in [9.17, 15) is 27.9 Å². The van der Waals surface area contributed by atoms with E-state index in [1.807, 2.05) is 51.1 Å². The summed E-state index contributed by atoms with van der Waals surface area (Å²) < 4.78 is 47.4. The van der Waals surface area contributed by atoms with Crippen LogP contribution in [0.25, 0.3) is 0 Å². The summed E-state index contributed by atoms with van der Waals surface area (Å²) in [7, 11) is 1.45. The van der Waals surface area contributed by atoms with Crippen LogP contribution in [-0.2, 0) is 21.5 Å². The summed E-state index contributed by atoms with van der Waals surface area (Å²) in [6.07, 6.45) is -0.0281.